The number of rotatable bonds is 8. The Bertz CT molecular complexity index is 1300. The van der Waals surface area contributed by atoms with Crippen LogP contribution in [0.2, 0.25) is 0 Å². The van der Waals surface area contributed by atoms with Gasteiger partial charge in [-0.05, 0) is 11.1 Å². The maximum atomic E-state index is 12.6. The standard InChI is InChI=1S/C30H26N4O4/c35-27(23-17-9-3-10-18-23)25(21-13-5-1-6-14-21)31-33-29(37)30(38)34-32-26(22-15-7-2-8-16-22)28(36)24-19-11-4-12-20-24/h1-20,27-28,35-36H,(H,33,37)(H,34,38)/b31-25-,32-26+. The summed E-state index contributed by atoms with van der Waals surface area (Å²) in [5.41, 5.74) is 7.00. The molecule has 8 nitrogen and oxygen atoms in total. The Kier molecular flexibility index (Phi) is 8.85. The molecule has 0 spiro atoms. The highest BCUT2D eigenvalue weighted by Crippen LogP contribution is 2.20. The van der Waals surface area contributed by atoms with E-state index in [1.165, 1.54) is 0 Å². The minimum absolute atomic E-state index is 0.158. The minimum Gasteiger partial charge on any atom is -0.382 e. The van der Waals surface area contributed by atoms with Crippen LogP contribution < -0.4 is 10.9 Å². The SMILES string of the molecule is O=C(N/N=C(/c1ccccc1)C(O)c1ccccc1)C(=O)N/N=C(\c1ccccc1)C(O)c1ccccc1. The molecule has 0 bridgehead atoms. The Morgan fingerprint density at radius 2 is 0.789 bits per heavy atom. The minimum atomic E-state index is -1.15. The van der Waals surface area contributed by atoms with Crippen LogP contribution in [0.3, 0.4) is 0 Å². The van der Waals surface area contributed by atoms with Gasteiger partial charge >= 0.3 is 11.8 Å². The molecule has 0 radical (unpaired) electrons. The van der Waals surface area contributed by atoms with Crippen LogP contribution in [0.4, 0.5) is 0 Å². The summed E-state index contributed by atoms with van der Waals surface area (Å²) in [6.45, 7) is 0. The molecule has 0 saturated carbocycles. The number of carbonyl (C=O) groups excluding carboxylic acids is 2. The van der Waals surface area contributed by atoms with Crippen LogP contribution in [-0.4, -0.2) is 33.5 Å². The van der Waals surface area contributed by atoms with Crippen molar-refractivity contribution in [2.75, 3.05) is 0 Å². The average Bonchev–Trinajstić information content (AvgIpc) is 2.99. The van der Waals surface area contributed by atoms with Gasteiger partial charge in [0.05, 0.1) is 0 Å². The molecule has 190 valence electrons. The van der Waals surface area contributed by atoms with Crippen molar-refractivity contribution in [2.45, 2.75) is 12.2 Å². The topological polar surface area (TPSA) is 123 Å². The maximum absolute atomic E-state index is 12.6. The van der Waals surface area contributed by atoms with Crippen LogP contribution in [0, 0.1) is 0 Å². The smallest absolute Gasteiger partial charge is 0.331 e. The quantitative estimate of drug-likeness (QED) is 0.166. The zero-order chi connectivity index (χ0) is 26.7. The molecule has 4 aromatic rings. The van der Waals surface area contributed by atoms with Crippen LogP contribution in [0.1, 0.15) is 34.5 Å². The third-order valence-corrected chi connectivity index (χ3v) is 5.65. The monoisotopic (exact) mass is 506 g/mol. The largest absolute Gasteiger partial charge is 0.382 e. The number of aliphatic hydroxyl groups is 2. The zero-order valence-electron chi connectivity index (χ0n) is 20.3. The number of benzene rings is 4. The first-order valence-electron chi connectivity index (χ1n) is 11.9. The lowest BCUT2D eigenvalue weighted by Gasteiger charge is -2.15. The molecule has 38 heavy (non-hydrogen) atoms. The number of carbonyl (C=O) groups is 2. The summed E-state index contributed by atoms with van der Waals surface area (Å²) < 4.78 is 0. The van der Waals surface area contributed by atoms with E-state index in [0.29, 0.717) is 22.3 Å². The number of aliphatic hydroxyl groups excluding tert-OH is 2. The van der Waals surface area contributed by atoms with Crippen molar-refractivity contribution in [1.29, 1.82) is 0 Å². The van der Waals surface area contributed by atoms with Gasteiger partial charge in [-0.3, -0.25) is 9.59 Å². The number of hydrogen-bond acceptors (Lipinski definition) is 6. The second kappa shape index (κ2) is 12.9. The Morgan fingerprint density at radius 3 is 1.11 bits per heavy atom. The van der Waals surface area contributed by atoms with Gasteiger partial charge in [-0.2, -0.15) is 10.2 Å². The number of hydrogen-bond donors (Lipinski definition) is 4. The fourth-order valence-corrected chi connectivity index (χ4v) is 3.69. The summed E-state index contributed by atoms with van der Waals surface area (Å²) in [4.78, 5) is 25.2. The van der Waals surface area contributed by atoms with Crippen molar-refractivity contribution < 1.29 is 19.8 Å². The highest BCUT2D eigenvalue weighted by molar-refractivity contribution is 6.35. The first-order valence-corrected chi connectivity index (χ1v) is 11.9. The van der Waals surface area contributed by atoms with Gasteiger partial charge in [-0.25, -0.2) is 10.9 Å². The van der Waals surface area contributed by atoms with Crippen molar-refractivity contribution in [3.8, 4) is 0 Å². The Balaban J connectivity index is 1.54. The lowest BCUT2D eigenvalue weighted by molar-refractivity contribution is -0.139. The molecule has 0 aliphatic carbocycles. The summed E-state index contributed by atoms with van der Waals surface area (Å²) in [7, 11) is 0. The number of nitrogens with zero attached hydrogens (tertiary/aromatic N) is 2. The summed E-state index contributed by atoms with van der Waals surface area (Å²) in [5.74, 6) is -2.19. The summed E-state index contributed by atoms with van der Waals surface area (Å²) in [6.07, 6.45) is -2.30. The number of hydrazone groups is 2. The average molecular weight is 507 g/mol. The lowest BCUT2D eigenvalue weighted by Crippen LogP contribution is -2.37. The third-order valence-electron chi connectivity index (χ3n) is 5.65. The molecule has 2 atom stereocenters. The van der Waals surface area contributed by atoms with Gasteiger partial charge in [0.2, 0.25) is 0 Å². The predicted octanol–water partition coefficient (Wildman–Crippen LogP) is 3.49. The van der Waals surface area contributed by atoms with Crippen molar-refractivity contribution in [3.05, 3.63) is 144 Å². The predicted molar refractivity (Wildman–Crippen MR) is 145 cm³/mol. The molecule has 0 fully saturated rings. The third kappa shape index (κ3) is 6.64. The van der Waals surface area contributed by atoms with Crippen LogP contribution in [-0.2, 0) is 9.59 Å². The zero-order valence-corrected chi connectivity index (χ0v) is 20.3. The Hall–Kier alpha value is -4.92. The van der Waals surface area contributed by atoms with Crippen molar-refractivity contribution >= 4 is 23.2 Å². The van der Waals surface area contributed by atoms with Gasteiger partial charge in [-0.1, -0.05) is 121 Å². The van der Waals surface area contributed by atoms with Crippen LogP contribution in [0.25, 0.3) is 0 Å². The van der Waals surface area contributed by atoms with Crippen molar-refractivity contribution in [3.63, 3.8) is 0 Å². The Morgan fingerprint density at radius 1 is 0.500 bits per heavy atom. The normalized spacial score (nSPS) is 13.3. The molecule has 8 heteroatoms. The van der Waals surface area contributed by atoms with E-state index in [-0.39, 0.29) is 11.4 Å². The lowest BCUT2D eigenvalue weighted by atomic mass is 9.99. The van der Waals surface area contributed by atoms with Gasteiger partial charge in [-0.15, -0.1) is 0 Å². The molecule has 2 unspecified atom stereocenters. The van der Waals surface area contributed by atoms with Gasteiger partial charge in [0.15, 0.2) is 0 Å². The molecule has 4 N–H and O–H groups in total. The molecule has 2 amide bonds. The van der Waals surface area contributed by atoms with E-state index in [0.717, 1.165) is 0 Å². The van der Waals surface area contributed by atoms with E-state index in [2.05, 4.69) is 21.1 Å². The molecule has 0 aromatic heterocycles. The van der Waals surface area contributed by atoms with Crippen LogP contribution in [0.15, 0.2) is 132 Å². The summed E-state index contributed by atoms with van der Waals surface area (Å²) in [6, 6.07) is 35.3. The fourth-order valence-electron chi connectivity index (χ4n) is 3.69. The van der Waals surface area contributed by atoms with E-state index < -0.39 is 24.0 Å². The van der Waals surface area contributed by atoms with Crippen molar-refractivity contribution in [1.82, 2.24) is 10.9 Å². The van der Waals surface area contributed by atoms with Gasteiger partial charge in [0.1, 0.15) is 23.6 Å². The maximum Gasteiger partial charge on any atom is 0.331 e. The Labute approximate surface area is 220 Å². The van der Waals surface area contributed by atoms with Crippen LogP contribution in [0.5, 0.6) is 0 Å². The molecule has 0 heterocycles. The second-order valence-electron chi connectivity index (χ2n) is 8.23. The molecule has 0 aliphatic heterocycles. The van der Waals surface area contributed by atoms with E-state index in [4.69, 9.17) is 0 Å². The molecular formula is C30H26N4O4. The van der Waals surface area contributed by atoms with E-state index in [9.17, 15) is 19.8 Å². The summed E-state index contributed by atoms with van der Waals surface area (Å²) >= 11 is 0. The van der Waals surface area contributed by atoms with E-state index in [1.807, 2.05) is 24.3 Å². The van der Waals surface area contributed by atoms with Crippen LogP contribution >= 0.6 is 0 Å². The van der Waals surface area contributed by atoms with E-state index in [1.54, 1.807) is 97.1 Å². The summed E-state index contributed by atoms with van der Waals surface area (Å²) in [5, 5.41) is 30.0. The first kappa shape index (κ1) is 26.2. The molecule has 4 rings (SSSR count). The first-order chi connectivity index (χ1) is 18.5. The molecule has 0 saturated heterocycles. The number of amides is 2. The highest BCUT2D eigenvalue weighted by atomic mass is 16.3. The molecule has 0 aliphatic rings. The van der Waals surface area contributed by atoms with E-state index >= 15 is 0 Å². The van der Waals surface area contributed by atoms with Gasteiger partial charge in [0, 0.05) is 11.1 Å². The number of nitrogens with one attached hydrogen (secondary N) is 2. The highest BCUT2D eigenvalue weighted by Gasteiger charge is 2.21. The molecule has 4 aromatic carbocycles. The molecular weight excluding hydrogens is 480 g/mol. The fraction of sp³-hybridized carbons (Fsp3) is 0.0667. The van der Waals surface area contributed by atoms with Gasteiger partial charge < -0.3 is 10.2 Å². The second-order valence-corrected chi connectivity index (χ2v) is 8.23. The van der Waals surface area contributed by atoms with Crippen molar-refractivity contribution in [2.24, 2.45) is 10.2 Å². The van der Waals surface area contributed by atoms with Gasteiger partial charge in [0.25, 0.3) is 0 Å².